The molecule has 2 N–H and O–H groups in total. The molecule has 0 aliphatic heterocycles. The van der Waals surface area contributed by atoms with E-state index >= 15 is 0 Å². The van der Waals surface area contributed by atoms with Crippen molar-refractivity contribution in [3.63, 3.8) is 0 Å². The molecule has 100 valence electrons. The first kappa shape index (κ1) is 14.1. The smallest absolute Gasteiger partial charge is 0.221 e. The number of anilines is 2. The molecule has 0 saturated heterocycles. The topological polar surface area (TPSA) is 41.1 Å². The molecule has 5 heteroatoms. The molecule has 19 heavy (non-hydrogen) atoms. The monoisotopic (exact) mass is 338 g/mol. The van der Waals surface area contributed by atoms with Crippen LogP contribution in [0.15, 0.2) is 34.1 Å². The molecule has 3 nitrogen and oxygen atoms in total. The summed E-state index contributed by atoms with van der Waals surface area (Å²) in [6.45, 7) is 4.29. The molecule has 0 radical (unpaired) electrons. The molecule has 0 fully saturated rings. The Balaban J connectivity index is 2.06. The van der Waals surface area contributed by atoms with E-state index in [0.717, 1.165) is 20.7 Å². The van der Waals surface area contributed by atoms with Crippen molar-refractivity contribution < 1.29 is 4.79 Å². The van der Waals surface area contributed by atoms with Crippen LogP contribution in [-0.2, 0) is 11.3 Å². The van der Waals surface area contributed by atoms with E-state index in [2.05, 4.69) is 39.6 Å². The lowest BCUT2D eigenvalue weighted by Gasteiger charge is -2.10. The van der Waals surface area contributed by atoms with Crippen molar-refractivity contribution in [1.29, 1.82) is 0 Å². The number of thiophene rings is 1. The van der Waals surface area contributed by atoms with Crippen molar-refractivity contribution in [1.82, 2.24) is 0 Å². The zero-order valence-electron chi connectivity index (χ0n) is 10.8. The minimum atomic E-state index is -0.0422. The van der Waals surface area contributed by atoms with E-state index in [1.54, 1.807) is 11.3 Å². The van der Waals surface area contributed by atoms with Crippen molar-refractivity contribution in [2.45, 2.75) is 20.4 Å². The van der Waals surface area contributed by atoms with Crippen molar-refractivity contribution in [3.8, 4) is 0 Å². The minimum absolute atomic E-state index is 0.0422. The number of halogens is 1. The van der Waals surface area contributed by atoms with Gasteiger partial charge < -0.3 is 10.6 Å². The molecule has 2 aromatic rings. The van der Waals surface area contributed by atoms with Crippen LogP contribution in [0.25, 0.3) is 0 Å². The maximum absolute atomic E-state index is 11.1. The maximum Gasteiger partial charge on any atom is 0.221 e. The summed E-state index contributed by atoms with van der Waals surface area (Å²) >= 11 is 5.08. The van der Waals surface area contributed by atoms with Gasteiger partial charge in [-0.2, -0.15) is 0 Å². The Morgan fingerprint density at radius 3 is 2.79 bits per heavy atom. The van der Waals surface area contributed by atoms with Gasteiger partial charge in [-0.05, 0) is 42.1 Å². The number of amides is 1. The molecule has 1 amide bonds. The largest absolute Gasteiger partial charge is 0.380 e. The summed E-state index contributed by atoms with van der Waals surface area (Å²) in [5, 5.41) is 8.21. The Kier molecular flexibility index (Phi) is 4.61. The summed E-state index contributed by atoms with van der Waals surface area (Å²) in [4.78, 5) is 12.2. The molecule has 1 aromatic heterocycles. The van der Waals surface area contributed by atoms with Crippen LogP contribution in [0.4, 0.5) is 11.4 Å². The Morgan fingerprint density at radius 2 is 2.11 bits per heavy atom. The standard InChI is InChI=1S/C14H15BrN2OS/c1-9-7-11(15)3-4-12(9)16-8-14-13(5-6-19-14)17-10(2)18/h3-7,16H,8H2,1-2H3,(H,17,18). The van der Waals surface area contributed by atoms with Crippen molar-refractivity contribution >= 4 is 44.5 Å². The second kappa shape index (κ2) is 6.21. The van der Waals surface area contributed by atoms with Crippen LogP contribution in [0.2, 0.25) is 0 Å². The highest BCUT2D eigenvalue weighted by molar-refractivity contribution is 9.10. The number of rotatable bonds is 4. The number of hydrogen-bond acceptors (Lipinski definition) is 3. The van der Waals surface area contributed by atoms with Crippen LogP contribution in [0.5, 0.6) is 0 Å². The van der Waals surface area contributed by atoms with Gasteiger partial charge in [0.1, 0.15) is 0 Å². The summed E-state index contributed by atoms with van der Waals surface area (Å²) in [7, 11) is 0. The van der Waals surface area contributed by atoms with Crippen molar-refractivity contribution in [2.24, 2.45) is 0 Å². The third-order valence-corrected chi connectivity index (χ3v) is 4.10. The van der Waals surface area contributed by atoms with Gasteiger partial charge in [0, 0.05) is 22.0 Å². The van der Waals surface area contributed by atoms with Gasteiger partial charge in [0.25, 0.3) is 0 Å². The summed E-state index contributed by atoms with van der Waals surface area (Å²) in [6, 6.07) is 8.06. The number of carbonyl (C=O) groups excluding carboxylic acids is 1. The Labute approximate surface area is 125 Å². The number of aryl methyl sites for hydroxylation is 1. The average Bonchev–Trinajstić information content (AvgIpc) is 2.74. The fourth-order valence-corrected chi connectivity index (χ4v) is 3.02. The number of benzene rings is 1. The van der Waals surface area contributed by atoms with Crippen LogP contribution in [0, 0.1) is 6.92 Å². The molecular weight excluding hydrogens is 324 g/mol. The van der Waals surface area contributed by atoms with E-state index < -0.39 is 0 Å². The lowest BCUT2D eigenvalue weighted by atomic mass is 10.2. The fourth-order valence-electron chi connectivity index (χ4n) is 1.78. The summed E-state index contributed by atoms with van der Waals surface area (Å²) < 4.78 is 1.07. The third kappa shape index (κ3) is 3.81. The van der Waals surface area contributed by atoms with E-state index in [0.29, 0.717) is 6.54 Å². The molecule has 2 rings (SSSR count). The first-order valence-corrected chi connectivity index (χ1v) is 7.57. The van der Waals surface area contributed by atoms with Gasteiger partial charge in [-0.3, -0.25) is 4.79 Å². The summed E-state index contributed by atoms with van der Waals surface area (Å²) in [6.07, 6.45) is 0. The number of nitrogens with one attached hydrogen (secondary N) is 2. The number of hydrogen-bond donors (Lipinski definition) is 2. The molecular formula is C14H15BrN2OS. The first-order valence-electron chi connectivity index (χ1n) is 5.90. The third-order valence-electron chi connectivity index (χ3n) is 2.68. The van der Waals surface area contributed by atoms with Crippen molar-refractivity contribution in [3.05, 3.63) is 44.6 Å². The molecule has 0 saturated carbocycles. The quantitative estimate of drug-likeness (QED) is 0.867. The van der Waals surface area contributed by atoms with Gasteiger partial charge >= 0.3 is 0 Å². The van der Waals surface area contributed by atoms with Gasteiger partial charge in [0.2, 0.25) is 5.91 Å². The molecule has 1 heterocycles. The van der Waals surface area contributed by atoms with E-state index in [9.17, 15) is 4.79 Å². The molecule has 0 bridgehead atoms. The van der Waals surface area contributed by atoms with Crippen LogP contribution in [0.3, 0.4) is 0 Å². The Bertz CT molecular complexity index is 595. The minimum Gasteiger partial charge on any atom is -0.380 e. The van der Waals surface area contributed by atoms with E-state index in [-0.39, 0.29) is 5.91 Å². The van der Waals surface area contributed by atoms with Gasteiger partial charge in [0.05, 0.1) is 12.2 Å². The molecule has 0 unspecified atom stereocenters. The molecule has 0 aliphatic carbocycles. The molecule has 0 aliphatic rings. The van der Waals surface area contributed by atoms with Gasteiger partial charge in [-0.25, -0.2) is 0 Å². The first-order chi connectivity index (χ1) is 9.06. The van der Waals surface area contributed by atoms with E-state index in [1.807, 2.05) is 23.6 Å². The number of carbonyl (C=O) groups is 1. The van der Waals surface area contributed by atoms with Crippen LogP contribution in [0.1, 0.15) is 17.4 Å². The van der Waals surface area contributed by atoms with Crippen LogP contribution in [-0.4, -0.2) is 5.91 Å². The lowest BCUT2D eigenvalue weighted by Crippen LogP contribution is -2.08. The zero-order valence-corrected chi connectivity index (χ0v) is 13.2. The predicted octanol–water partition coefficient (Wildman–Crippen LogP) is 4.39. The highest BCUT2D eigenvalue weighted by Gasteiger charge is 2.06. The molecule has 1 aromatic carbocycles. The molecule has 0 spiro atoms. The Hall–Kier alpha value is -1.33. The second-order valence-corrected chi connectivity index (χ2v) is 6.17. The van der Waals surface area contributed by atoms with Gasteiger partial charge in [0.15, 0.2) is 0 Å². The fraction of sp³-hybridized carbons (Fsp3) is 0.214. The normalized spacial score (nSPS) is 10.3. The summed E-state index contributed by atoms with van der Waals surface area (Å²) in [5.74, 6) is -0.0422. The zero-order chi connectivity index (χ0) is 13.8. The Morgan fingerprint density at radius 1 is 1.32 bits per heavy atom. The highest BCUT2D eigenvalue weighted by Crippen LogP contribution is 2.25. The maximum atomic E-state index is 11.1. The summed E-state index contributed by atoms with van der Waals surface area (Å²) in [5.41, 5.74) is 3.18. The average molecular weight is 339 g/mol. The van der Waals surface area contributed by atoms with E-state index in [1.165, 1.54) is 12.5 Å². The van der Waals surface area contributed by atoms with Crippen LogP contribution < -0.4 is 10.6 Å². The SMILES string of the molecule is CC(=O)Nc1ccsc1CNc1ccc(Br)cc1C. The van der Waals surface area contributed by atoms with Crippen molar-refractivity contribution in [2.75, 3.05) is 10.6 Å². The predicted molar refractivity (Wildman–Crippen MR) is 84.8 cm³/mol. The van der Waals surface area contributed by atoms with Gasteiger partial charge in [-0.1, -0.05) is 15.9 Å². The van der Waals surface area contributed by atoms with E-state index in [4.69, 9.17) is 0 Å². The molecule has 0 atom stereocenters. The van der Waals surface area contributed by atoms with Gasteiger partial charge in [-0.15, -0.1) is 11.3 Å². The highest BCUT2D eigenvalue weighted by atomic mass is 79.9. The lowest BCUT2D eigenvalue weighted by molar-refractivity contribution is -0.114. The second-order valence-electron chi connectivity index (χ2n) is 4.25. The van der Waals surface area contributed by atoms with Crippen LogP contribution >= 0.6 is 27.3 Å².